The first-order chi connectivity index (χ1) is 12.6. The quantitative estimate of drug-likeness (QED) is 0.670. The normalized spacial score (nSPS) is 11.8. The molecule has 1 aromatic carbocycles. The molecule has 2 aromatic heterocycles. The molecule has 3 rings (SSSR count). The molecule has 0 saturated heterocycles. The summed E-state index contributed by atoms with van der Waals surface area (Å²) < 4.78 is 5.11. The Bertz CT molecular complexity index is 871. The van der Waals surface area contributed by atoms with Crippen molar-refractivity contribution in [1.82, 2.24) is 24.9 Å². The Kier molecular flexibility index (Phi) is 5.65. The Labute approximate surface area is 152 Å². The monoisotopic (exact) mass is 351 g/mol. The van der Waals surface area contributed by atoms with E-state index >= 15 is 0 Å². The number of methoxy groups -OCH3 is 1. The second-order valence-electron chi connectivity index (χ2n) is 5.89. The molecule has 0 aliphatic carbocycles. The lowest BCUT2D eigenvalue weighted by Crippen LogP contribution is -2.22. The van der Waals surface area contributed by atoms with Gasteiger partial charge in [0.15, 0.2) is 5.82 Å². The van der Waals surface area contributed by atoms with E-state index in [1.54, 1.807) is 19.4 Å². The lowest BCUT2D eigenvalue weighted by atomic mass is 10.2. The Morgan fingerprint density at radius 3 is 2.77 bits per heavy atom. The largest absolute Gasteiger partial charge is 0.383 e. The molecule has 2 N–H and O–H groups in total. The maximum absolute atomic E-state index is 5.11. The van der Waals surface area contributed by atoms with E-state index < -0.39 is 0 Å². The van der Waals surface area contributed by atoms with Crippen LogP contribution < -0.4 is 10.6 Å². The minimum atomic E-state index is 0.0900. The summed E-state index contributed by atoms with van der Waals surface area (Å²) in [6.45, 7) is 4.58. The number of aromatic nitrogens is 5. The highest BCUT2D eigenvalue weighted by molar-refractivity contribution is 5.57. The van der Waals surface area contributed by atoms with E-state index in [2.05, 4.69) is 35.6 Å². The summed E-state index contributed by atoms with van der Waals surface area (Å²) in [4.78, 5) is 21.5. The van der Waals surface area contributed by atoms with E-state index in [0.717, 1.165) is 11.3 Å². The van der Waals surface area contributed by atoms with Gasteiger partial charge < -0.3 is 15.4 Å². The number of hydrogen-bond acceptors (Lipinski definition) is 8. The van der Waals surface area contributed by atoms with Crippen LogP contribution in [0, 0.1) is 6.92 Å². The van der Waals surface area contributed by atoms with Crippen LogP contribution in [-0.2, 0) is 4.74 Å². The van der Waals surface area contributed by atoms with Crippen molar-refractivity contribution >= 4 is 17.6 Å². The highest BCUT2D eigenvalue weighted by atomic mass is 16.5. The number of aryl methyl sites for hydroxylation is 1. The van der Waals surface area contributed by atoms with Crippen molar-refractivity contribution in [2.75, 3.05) is 24.4 Å². The zero-order chi connectivity index (χ0) is 18.4. The lowest BCUT2D eigenvalue weighted by Gasteiger charge is -2.12. The maximum Gasteiger partial charge on any atom is 0.230 e. The lowest BCUT2D eigenvalue weighted by molar-refractivity contribution is 0.190. The van der Waals surface area contributed by atoms with Gasteiger partial charge in [0, 0.05) is 25.0 Å². The number of nitrogens with zero attached hydrogens (tertiary/aromatic N) is 5. The summed E-state index contributed by atoms with van der Waals surface area (Å²) in [7, 11) is 1.66. The van der Waals surface area contributed by atoms with E-state index in [9.17, 15) is 0 Å². The number of hydrogen-bond donors (Lipinski definition) is 2. The van der Waals surface area contributed by atoms with Crippen LogP contribution in [0.5, 0.6) is 0 Å². The van der Waals surface area contributed by atoms with Crippen molar-refractivity contribution in [3.8, 4) is 11.5 Å². The molecule has 0 aliphatic heterocycles. The van der Waals surface area contributed by atoms with E-state index in [1.807, 2.05) is 38.1 Å². The molecule has 26 heavy (non-hydrogen) atoms. The predicted octanol–water partition coefficient (Wildman–Crippen LogP) is 2.83. The SMILES string of the molecule is COC[C@H](C)Nc1nccc(-c2ncnc(Nc3cccc(C)c3)n2)n1. The molecule has 0 unspecified atom stereocenters. The zero-order valence-electron chi connectivity index (χ0n) is 15.0. The van der Waals surface area contributed by atoms with Gasteiger partial charge in [0.1, 0.15) is 12.0 Å². The van der Waals surface area contributed by atoms with Crippen molar-refractivity contribution < 1.29 is 4.74 Å². The second kappa shape index (κ2) is 8.30. The fourth-order valence-electron chi connectivity index (χ4n) is 2.40. The van der Waals surface area contributed by atoms with E-state index in [-0.39, 0.29) is 6.04 Å². The van der Waals surface area contributed by atoms with Crippen LogP contribution in [0.3, 0.4) is 0 Å². The second-order valence-corrected chi connectivity index (χ2v) is 5.89. The summed E-state index contributed by atoms with van der Waals surface area (Å²) in [6.07, 6.45) is 3.13. The molecule has 3 aromatic rings. The molecule has 0 amide bonds. The van der Waals surface area contributed by atoms with Gasteiger partial charge in [-0.2, -0.15) is 4.98 Å². The molecule has 0 saturated carbocycles. The van der Waals surface area contributed by atoms with Gasteiger partial charge >= 0.3 is 0 Å². The van der Waals surface area contributed by atoms with Crippen molar-refractivity contribution in [2.24, 2.45) is 0 Å². The maximum atomic E-state index is 5.11. The van der Waals surface area contributed by atoms with E-state index in [1.165, 1.54) is 6.33 Å². The van der Waals surface area contributed by atoms with Gasteiger partial charge in [-0.25, -0.2) is 19.9 Å². The van der Waals surface area contributed by atoms with Gasteiger partial charge in [-0.15, -0.1) is 0 Å². The molecule has 8 heteroatoms. The Morgan fingerprint density at radius 2 is 1.96 bits per heavy atom. The molecule has 134 valence electrons. The Balaban J connectivity index is 1.79. The van der Waals surface area contributed by atoms with Gasteiger partial charge in [-0.05, 0) is 37.6 Å². The van der Waals surface area contributed by atoms with Gasteiger partial charge in [0.2, 0.25) is 11.9 Å². The number of anilines is 3. The summed E-state index contributed by atoms with van der Waals surface area (Å²) in [5.41, 5.74) is 2.68. The highest BCUT2D eigenvalue weighted by Gasteiger charge is 2.09. The minimum absolute atomic E-state index is 0.0900. The topological polar surface area (TPSA) is 97.7 Å². The van der Waals surface area contributed by atoms with Crippen LogP contribution in [0.25, 0.3) is 11.5 Å². The first-order valence-electron chi connectivity index (χ1n) is 8.25. The molecule has 0 fully saturated rings. The molecular formula is C18H21N7O. The summed E-state index contributed by atoms with van der Waals surface area (Å²) in [5, 5.41) is 6.36. The van der Waals surface area contributed by atoms with Crippen molar-refractivity contribution in [3.05, 3.63) is 48.4 Å². The third-order valence-corrected chi connectivity index (χ3v) is 3.52. The molecule has 0 spiro atoms. The molecule has 1 atom stereocenters. The summed E-state index contributed by atoms with van der Waals surface area (Å²) in [6, 6.07) is 9.84. The first-order valence-corrected chi connectivity index (χ1v) is 8.25. The number of rotatable bonds is 7. The van der Waals surface area contributed by atoms with Gasteiger partial charge in [-0.1, -0.05) is 12.1 Å². The first kappa shape index (κ1) is 17.7. The Morgan fingerprint density at radius 1 is 1.08 bits per heavy atom. The molecular weight excluding hydrogens is 330 g/mol. The standard InChI is InChI=1S/C18H21N7O/c1-12-5-4-6-14(9-12)23-18-21-11-20-16(25-18)15-7-8-19-17(24-15)22-13(2)10-26-3/h4-9,11,13H,10H2,1-3H3,(H,19,22,24)(H,20,21,23,25)/t13-/m0/s1. The molecule has 2 heterocycles. The number of ether oxygens (including phenoxy) is 1. The highest BCUT2D eigenvalue weighted by Crippen LogP contribution is 2.17. The molecule has 8 nitrogen and oxygen atoms in total. The van der Waals surface area contributed by atoms with Gasteiger partial charge in [0.05, 0.1) is 6.61 Å². The third kappa shape index (κ3) is 4.70. The average molecular weight is 351 g/mol. The number of benzene rings is 1. The third-order valence-electron chi connectivity index (χ3n) is 3.52. The van der Waals surface area contributed by atoms with Crippen LogP contribution >= 0.6 is 0 Å². The zero-order valence-corrected chi connectivity index (χ0v) is 15.0. The minimum Gasteiger partial charge on any atom is -0.383 e. The van der Waals surface area contributed by atoms with Crippen LogP contribution in [-0.4, -0.2) is 44.7 Å². The Hall–Kier alpha value is -3.13. The predicted molar refractivity (Wildman–Crippen MR) is 100 cm³/mol. The average Bonchev–Trinajstić information content (AvgIpc) is 2.62. The fourth-order valence-corrected chi connectivity index (χ4v) is 2.40. The van der Waals surface area contributed by atoms with Crippen molar-refractivity contribution in [3.63, 3.8) is 0 Å². The van der Waals surface area contributed by atoms with Gasteiger partial charge in [-0.3, -0.25) is 0 Å². The van der Waals surface area contributed by atoms with Crippen LogP contribution in [0.1, 0.15) is 12.5 Å². The molecule has 0 bridgehead atoms. The van der Waals surface area contributed by atoms with Gasteiger partial charge in [0.25, 0.3) is 0 Å². The summed E-state index contributed by atoms with van der Waals surface area (Å²) in [5.74, 6) is 1.43. The van der Waals surface area contributed by atoms with Crippen LogP contribution in [0.4, 0.5) is 17.6 Å². The van der Waals surface area contributed by atoms with Crippen molar-refractivity contribution in [2.45, 2.75) is 19.9 Å². The van der Waals surface area contributed by atoms with Crippen LogP contribution in [0.2, 0.25) is 0 Å². The molecule has 0 radical (unpaired) electrons. The van der Waals surface area contributed by atoms with Crippen molar-refractivity contribution in [1.29, 1.82) is 0 Å². The smallest absolute Gasteiger partial charge is 0.230 e. The van der Waals surface area contributed by atoms with E-state index in [4.69, 9.17) is 4.74 Å². The van der Waals surface area contributed by atoms with Crippen LogP contribution in [0.15, 0.2) is 42.9 Å². The fraction of sp³-hybridized carbons (Fsp3) is 0.278. The number of nitrogens with one attached hydrogen (secondary N) is 2. The molecule has 0 aliphatic rings. The summed E-state index contributed by atoms with van der Waals surface area (Å²) >= 11 is 0. The van der Waals surface area contributed by atoms with E-state index in [0.29, 0.717) is 30.0 Å².